The topological polar surface area (TPSA) is 50.7 Å². The monoisotopic (exact) mass is 282 g/mol. The van der Waals surface area contributed by atoms with Gasteiger partial charge in [0.1, 0.15) is 5.82 Å². The number of benzene rings is 1. The van der Waals surface area contributed by atoms with E-state index >= 15 is 0 Å². The number of aromatic nitrogens is 3. The fourth-order valence-corrected chi connectivity index (χ4v) is 2.64. The van der Waals surface area contributed by atoms with Crippen LogP contribution in [-0.2, 0) is 0 Å². The van der Waals surface area contributed by atoms with Crippen LogP contribution < -0.4 is 5.32 Å². The average molecular weight is 282 g/mol. The Kier molecular flexibility index (Phi) is 3.43. The van der Waals surface area contributed by atoms with E-state index in [-0.39, 0.29) is 0 Å². The van der Waals surface area contributed by atoms with E-state index in [1.165, 1.54) is 0 Å². The molecule has 3 rings (SSSR count). The lowest BCUT2D eigenvalue weighted by Crippen LogP contribution is -2.02. The van der Waals surface area contributed by atoms with E-state index in [0.717, 1.165) is 27.6 Å². The molecule has 0 unspecified atom stereocenters. The molecule has 0 saturated heterocycles. The summed E-state index contributed by atoms with van der Waals surface area (Å²) in [6.45, 7) is 2.03. The van der Waals surface area contributed by atoms with Crippen molar-refractivity contribution >= 4 is 17.2 Å². The van der Waals surface area contributed by atoms with E-state index in [2.05, 4.69) is 27.4 Å². The number of thiazole rings is 1. The van der Waals surface area contributed by atoms with Gasteiger partial charge in [-0.2, -0.15) is 0 Å². The van der Waals surface area contributed by atoms with E-state index < -0.39 is 0 Å². The van der Waals surface area contributed by atoms with Crippen molar-refractivity contribution in [3.8, 4) is 22.1 Å². The molecule has 1 N–H and O–H groups in total. The quantitative estimate of drug-likeness (QED) is 0.797. The molecule has 0 bridgehead atoms. The van der Waals surface area contributed by atoms with Crippen LogP contribution in [0.2, 0.25) is 0 Å². The van der Waals surface area contributed by atoms with Gasteiger partial charge in [-0.3, -0.25) is 0 Å². The van der Waals surface area contributed by atoms with E-state index in [1.807, 2.05) is 37.6 Å². The third-order valence-electron chi connectivity index (χ3n) is 3.05. The van der Waals surface area contributed by atoms with Crippen LogP contribution in [0.25, 0.3) is 22.1 Å². The average Bonchev–Trinajstić information content (AvgIpc) is 3.03. The van der Waals surface area contributed by atoms with Gasteiger partial charge in [-0.15, -0.1) is 11.3 Å². The lowest BCUT2D eigenvalue weighted by Gasteiger charge is -2.11. The largest absolute Gasteiger partial charge is 0.373 e. The van der Waals surface area contributed by atoms with Crippen molar-refractivity contribution in [1.29, 1.82) is 0 Å². The van der Waals surface area contributed by atoms with Gasteiger partial charge in [0, 0.05) is 29.8 Å². The number of anilines is 1. The molecule has 0 atom stereocenters. The summed E-state index contributed by atoms with van der Waals surface area (Å²) >= 11 is 1.54. The smallest absolute Gasteiger partial charge is 0.191 e. The molecule has 0 spiro atoms. The van der Waals surface area contributed by atoms with Crippen molar-refractivity contribution in [1.82, 2.24) is 15.0 Å². The van der Waals surface area contributed by atoms with Crippen LogP contribution in [0.15, 0.2) is 41.9 Å². The molecule has 4 nitrogen and oxygen atoms in total. The van der Waals surface area contributed by atoms with Crippen molar-refractivity contribution in [3.05, 3.63) is 47.5 Å². The minimum absolute atomic E-state index is 0.661. The zero-order chi connectivity index (χ0) is 13.9. The molecule has 0 aliphatic heterocycles. The number of hydrogen-bond donors (Lipinski definition) is 1. The number of hydrogen-bond acceptors (Lipinski definition) is 5. The van der Waals surface area contributed by atoms with Gasteiger partial charge in [-0.05, 0) is 6.92 Å². The first-order valence-corrected chi connectivity index (χ1v) is 7.19. The molecule has 5 heteroatoms. The molecule has 2 heterocycles. The van der Waals surface area contributed by atoms with Crippen LogP contribution in [0.5, 0.6) is 0 Å². The summed E-state index contributed by atoms with van der Waals surface area (Å²) in [6.07, 6.45) is 1.77. The predicted molar refractivity (Wildman–Crippen MR) is 82.9 cm³/mol. The maximum Gasteiger partial charge on any atom is 0.191 e. The second-order valence-electron chi connectivity index (χ2n) is 4.32. The van der Waals surface area contributed by atoms with E-state index in [4.69, 9.17) is 4.98 Å². The molecular weight excluding hydrogens is 268 g/mol. The summed E-state index contributed by atoms with van der Waals surface area (Å²) in [5, 5.41) is 5.90. The van der Waals surface area contributed by atoms with Gasteiger partial charge in [0.05, 0.1) is 5.69 Å². The Morgan fingerprint density at radius 3 is 2.55 bits per heavy atom. The Hall–Kier alpha value is -2.27. The van der Waals surface area contributed by atoms with E-state index in [0.29, 0.717) is 5.82 Å². The zero-order valence-electron chi connectivity index (χ0n) is 11.3. The van der Waals surface area contributed by atoms with Gasteiger partial charge in [0.25, 0.3) is 0 Å². The number of nitrogens with one attached hydrogen (secondary N) is 1. The van der Waals surface area contributed by atoms with Gasteiger partial charge < -0.3 is 5.32 Å². The highest BCUT2D eigenvalue weighted by Gasteiger charge is 2.14. The molecule has 0 aliphatic rings. The molecule has 1 aromatic carbocycles. The second-order valence-corrected chi connectivity index (χ2v) is 5.22. The van der Waals surface area contributed by atoms with Gasteiger partial charge in [0.2, 0.25) is 0 Å². The Balaban J connectivity index is 2.21. The van der Waals surface area contributed by atoms with Crippen molar-refractivity contribution < 1.29 is 0 Å². The standard InChI is InChI=1S/C15H14N4S/c1-10-12(11-6-4-3-5-7-11)18-14(19-13(10)16-2)15-17-8-9-20-15/h3-9H,1-2H3,(H,16,18,19). The molecule has 20 heavy (non-hydrogen) atoms. The van der Waals surface area contributed by atoms with Crippen LogP contribution in [0.3, 0.4) is 0 Å². The predicted octanol–water partition coefficient (Wildman–Crippen LogP) is 3.62. The first-order chi connectivity index (χ1) is 9.79. The highest BCUT2D eigenvalue weighted by atomic mass is 32.1. The van der Waals surface area contributed by atoms with Gasteiger partial charge >= 0.3 is 0 Å². The minimum Gasteiger partial charge on any atom is -0.373 e. The van der Waals surface area contributed by atoms with Gasteiger partial charge in [-0.25, -0.2) is 15.0 Å². The maximum absolute atomic E-state index is 4.69. The SMILES string of the molecule is CNc1nc(-c2nccs2)nc(-c2ccccc2)c1C. The first kappa shape index (κ1) is 12.7. The van der Waals surface area contributed by atoms with Crippen LogP contribution in [0.1, 0.15) is 5.56 Å². The molecule has 3 aromatic rings. The molecular formula is C15H14N4S. The molecule has 0 aliphatic carbocycles. The second kappa shape index (κ2) is 5.38. The zero-order valence-corrected chi connectivity index (χ0v) is 12.1. The fourth-order valence-electron chi connectivity index (χ4n) is 2.07. The highest BCUT2D eigenvalue weighted by Crippen LogP contribution is 2.29. The minimum atomic E-state index is 0.661. The Morgan fingerprint density at radius 1 is 1.10 bits per heavy atom. The van der Waals surface area contributed by atoms with Crippen LogP contribution >= 0.6 is 11.3 Å². The molecule has 0 saturated carbocycles. The summed E-state index contributed by atoms with van der Waals surface area (Å²) in [4.78, 5) is 13.5. The van der Waals surface area contributed by atoms with Crippen molar-refractivity contribution in [2.75, 3.05) is 12.4 Å². The lowest BCUT2D eigenvalue weighted by molar-refractivity contribution is 1.13. The number of nitrogens with zero attached hydrogens (tertiary/aromatic N) is 3. The summed E-state index contributed by atoms with van der Waals surface area (Å²) in [5.41, 5.74) is 3.07. The summed E-state index contributed by atoms with van der Waals surface area (Å²) in [5.74, 6) is 1.50. The summed E-state index contributed by atoms with van der Waals surface area (Å²) < 4.78 is 0. The molecule has 0 amide bonds. The Bertz CT molecular complexity index is 708. The first-order valence-electron chi connectivity index (χ1n) is 6.31. The van der Waals surface area contributed by atoms with E-state index in [9.17, 15) is 0 Å². The van der Waals surface area contributed by atoms with Crippen LogP contribution in [0.4, 0.5) is 5.82 Å². The maximum atomic E-state index is 4.69. The third-order valence-corrected chi connectivity index (χ3v) is 3.82. The summed E-state index contributed by atoms with van der Waals surface area (Å²) in [7, 11) is 1.87. The lowest BCUT2D eigenvalue weighted by atomic mass is 10.1. The Labute approximate surface area is 121 Å². The Morgan fingerprint density at radius 2 is 1.90 bits per heavy atom. The molecule has 100 valence electrons. The highest BCUT2D eigenvalue weighted by molar-refractivity contribution is 7.13. The van der Waals surface area contributed by atoms with Crippen molar-refractivity contribution in [3.63, 3.8) is 0 Å². The normalized spacial score (nSPS) is 10.5. The van der Waals surface area contributed by atoms with Crippen molar-refractivity contribution in [2.24, 2.45) is 0 Å². The van der Waals surface area contributed by atoms with Crippen molar-refractivity contribution in [2.45, 2.75) is 6.92 Å². The number of rotatable bonds is 3. The van der Waals surface area contributed by atoms with Gasteiger partial charge in [0.15, 0.2) is 10.8 Å². The molecule has 0 radical (unpaired) electrons. The fraction of sp³-hybridized carbons (Fsp3) is 0.133. The molecule has 0 fully saturated rings. The van der Waals surface area contributed by atoms with Crippen LogP contribution in [0, 0.1) is 6.92 Å². The van der Waals surface area contributed by atoms with Crippen LogP contribution in [-0.4, -0.2) is 22.0 Å². The van der Waals surface area contributed by atoms with Gasteiger partial charge in [-0.1, -0.05) is 30.3 Å². The molecule has 2 aromatic heterocycles. The third kappa shape index (κ3) is 2.28. The summed E-state index contributed by atoms with van der Waals surface area (Å²) in [6, 6.07) is 10.1. The van der Waals surface area contributed by atoms with E-state index in [1.54, 1.807) is 17.5 Å².